The van der Waals surface area contributed by atoms with Crippen LogP contribution in [0.25, 0.3) is 0 Å². The molecule has 0 spiro atoms. The number of piperidine rings is 1. The first kappa shape index (κ1) is 21.7. The summed E-state index contributed by atoms with van der Waals surface area (Å²) in [5, 5.41) is 10.8. The second-order valence-electron chi connectivity index (χ2n) is 8.29. The van der Waals surface area contributed by atoms with Crippen LogP contribution in [0.5, 0.6) is 0 Å². The molecule has 2 amide bonds. The first-order chi connectivity index (χ1) is 15.5. The molecule has 168 valence electrons. The van der Waals surface area contributed by atoms with E-state index in [1.54, 1.807) is 6.07 Å². The van der Waals surface area contributed by atoms with Gasteiger partial charge >= 0.3 is 0 Å². The number of likely N-dealkylation sites (tertiary alicyclic amines) is 1. The maximum atomic E-state index is 13.1. The molecule has 1 unspecified atom stereocenters. The number of pyridine rings is 1. The Morgan fingerprint density at radius 1 is 1.00 bits per heavy atom. The summed E-state index contributed by atoms with van der Waals surface area (Å²) in [5.41, 5.74) is 0.952. The molecule has 3 heterocycles. The Morgan fingerprint density at radius 3 is 2.41 bits per heavy atom. The third-order valence-corrected chi connectivity index (χ3v) is 6.18. The minimum Gasteiger partial charge on any atom is -0.353 e. The summed E-state index contributed by atoms with van der Waals surface area (Å²) in [6.07, 6.45) is 3.26. The number of nitro groups is 1. The maximum Gasteiger partial charge on any atom is 0.287 e. The van der Waals surface area contributed by atoms with Gasteiger partial charge in [0.2, 0.25) is 11.8 Å². The number of carbonyl (C=O) groups is 2. The Kier molecular flexibility index (Phi) is 6.63. The van der Waals surface area contributed by atoms with E-state index in [0.29, 0.717) is 51.5 Å². The van der Waals surface area contributed by atoms with Crippen LogP contribution < -0.4 is 4.90 Å². The van der Waals surface area contributed by atoms with Crippen LogP contribution in [-0.2, 0) is 16.0 Å². The molecule has 1 atom stereocenters. The van der Waals surface area contributed by atoms with Crippen molar-refractivity contribution >= 4 is 23.3 Å². The molecule has 0 aliphatic carbocycles. The van der Waals surface area contributed by atoms with E-state index >= 15 is 0 Å². The molecule has 1 aromatic carbocycles. The molecule has 9 nitrogen and oxygen atoms in total. The number of anilines is 1. The molecule has 2 saturated heterocycles. The zero-order valence-electron chi connectivity index (χ0n) is 17.9. The van der Waals surface area contributed by atoms with Gasteiger partial charge in [-0.1, -0.05) is 30.3 Å². The number of amides is 2. The highest BCUT2D eigenvalue weighted by molar-refractivity contribution is 5.82. The van der Waals surface area contributed by atoms with Crippen LogP contribution in [0.2, 0.25) is 0 Å². The smallest absolute Gasteiger partial charge is 0.287 e. The largest absolute Gasteiger partial charge is 0.353 e. The van der Waals surface area contributed by atoms with Crippen LogP contribution in [0.15, 0.2) is 48.7 Å². The first-order valence-corrected chi connectivity index (χ1v) is 11.0. The van der Waals surface area contributed by atoms with Crippen molar-refractivity contribution in [2.45, 2.75) is 19.3 Å². The van der Waals surface area contributed by atoms with Gasteiger partial charge in [-0.3, -0.25) is 19.7 Å². The zero-order valence-corrected chi connectivity index (χ0v) is 17.9. The molecular formula is C23H27N5O4. The summed E-state index contributed by atoms with van der Waals surface area (Å²) < 4.78 is 0. The maximum absolute atomic E-state index is 13.1. The normalized spacial score (nSPS) is 19.0. The van der Waals surface area contributed by atoms with Crippen LogP contribution in [0.3, 0.4) is 0 Å². The number of rotatable bonds is 5. The van der Waals surface area contributed by atoms with E-state index in [-0.39, 0.29) is 23.4 Å². The highest BCUT2D eigenvalue weighted by Crippen LogP contribution is 2.22. The summed E-state index contributed by atoms with van der Waals surface area (Å²) in [7, 11) is 0. The molecule has 1 aromatic heterocycles. The van der Waals surface area contributed by atoms with Gasteiger partial charge in [0.25, 0.3) is 5.69 Å². The van der Waals surface area contributed by atoms with E-state index in [1.165, 1.54) is 12.3 Å². The van der Waals surface area contributed by atoms with Gasteiger partial charge in [-0.15, -0.1) is 0 Å². The monoisotopic (exact) mass is 437 g/mol. The van der Waals surface area contributed by atoms with E-state index in [9.17, 15) is 19.7 Å². The number of carbonyl (C=O) groups excluding carboxylic acids is 2. The second kappa shape index (κ2) is 9.76. The molecule has 2 aliphatic heterocycles. The lowest BCUT2D eigenvalue weighted by Gasteiger charge is -2.39. The van der Waals surface area contributed by atoms with Crippen molar-refractivity contribution in [1.82, 2.24) is 14.8 Å². The van der Waals surface area contributed by atoms with Gasteiger partial charge < -0.3 is 14.7 Å². The molecule has 0 radical (unpaired) electrons. The SMILES string of the molecule is O=C(Cc1ccccc1)N1CCCC(C(=O)N2CCN(c3ccc([N+](=O)[O-])cn3)CC2)C1. The lowest BCUT2D eigenvalue weighted by molar-refractivity contribution is -0.385. The highest BCUT2D eigenvalue weighted by atomic mass is 16.6. The van der Waals surface area contributed by atoms with Crippen molar-refractivity contribution in [1.29, 1.82) is 0 Å². The Bertz CT molecular complexity index is 958. The van der Waals surface area contributed by atoms with Gasteiger partial charge in [-0.2, -0.15) is 0 Å². The van der Waals surface area contributed by atoms with Crippen LogP contribution in [0.4, 0.5) is 11.5 Å². The molecule has 0 saturated carbocycles. The summed E-state index contributed by atoms with van der Waals surface area (Å²) in [5.74, 6) is 0.701. The molecule has 2 aromatic rings. The van der Waals surface area contributed by atoms with Gasteiger partial charge in [0.15, 0.2) is 0 Å². The minimum atomic E-state index is -0.467. The summed E-state index contributed by atoms with van der Waals surface area (Å²) in [4.78, 5) is 46.1. The van der Waals surface area contributed by atoms with Gasteiger partial charge in [0.05, 0.1) is 17.3 Å². The number of benzene rings is 1. The van der Waals surface area contributed by atoms with Crippen molar-refractivity contribution in [3.63, 3.8) is 0 Å². The standard InChI is InChI=1S/C23H27N5O4/c29-22(15-18-5-2-1-3-6-18)27-10-4-7-19(17-27)23(30)26-13-11-25(12-14-26)21-9-8-20(16-24-21)28(31)32/h1-3,5-6,8-9,16,19H,4,7,10-15,17H2. The lowest BCUT2D eigenvalue weighted by atomic mass is 9.95. The fourth-order valence-corrected chi connectivity index (χ4v) is 4.37. The molecule has 32 heavy (non-hydrogen) atoms. The number of hydrogen-bond donors (Lipinski definition) is 0. The topological polar surface area (TPSA) is 99.9 Å². The lowest BCUT2D eigenvalue weighted by Crippen LogP contribution is -2.53. The Hall–Kier alpha value is -3.49. The molecule has 9 heteroatoms. The molecule has 0 N–H and O–H groups in total. The predicted octanol–water partition coefficient (Wildman–Crippen LogP) is 2.12. The number of hydrogen-bond acceptors (Lipinski definition) is 6. The third kappa shape index (κ3) is 5.04. The van der Waals surface area contributed by atoms with Crippen LogP contribution in [-0.4, -0.2) is 70.8 Å². The van der Waals surface area contributed by atoms with Crippen molar-refractivity contribution in [2.24, 2.45) is 5.92 Å². The van der Waals surface area contributed by atoms with Gasteiger partial charge in [0.1, 0.15) is 12.0 Å². The van der Waals surface area contributed by atoms with E-state index in [2.05, 4.69) is 4.98 Å². The highest BCUT2D eigenvalue weighted by Gasteiger charge is 2.32. The fourth-order valence-electron chi connectivity index (χ4n) is 4.37. The quantitative estimate of drug-likeness (QED) is 0.525. The number of aromatic nitrogens is 1. The Morgan fingerprint density at radius 2 is 1.75 bits per heavy atom. The van der Waals surface area contributed by atoms with Crippen LogP contribution >= 0.6 is 0 Å². The number of piperazine rings is 1. The average Bonchev–Trinajstić information content (AvgIpc) is 2.84. The Labute approximate surface area is 186 Å². The third-order valence-electron chi connectivity index (χ3n) is 6.18. The molecule has 2 aliphatic rings. The van der Waals surface area contributed by atoms with Crippen molar-refractivity contribution in [2.75, 3.05) is 44.2 Å². The van der Waals surface area contributed by atoms with E-state index in [1.807, 2.05) is 45.0 Å². The van der Waals surface area contributed by atoms with E-state index in [4.69, 9.17) is 0 Å². The van der Waals surface area contributed by atoms with Crippen LogP contribution in [0.1, 0.15) is 18.4 Å². The molecule has 2 fully saturated rings. The summed E-state index contributed by atoms with van der Waals surface area (Å²) in [6, 6.07) is 12.8. The fraction of sp³-hybridized carbons (Fsp3) is 0.435. The molecule has 4 rings (SSSR count). The zero-order chi connectivity index (χ0) is 22.5. The summed E-state index contributed by atoms with van der Waals surface area (Å²) in [6.45, 7) is 3.58. The second-order valence-corrected chi connectivity index (χ2v) is 8.29. The van der Waals surface area contributed by atoms with Gasteiger partial charge in [-0.05, 0) is 24.5 Å². The molecule has 0 bridgehead atoms. The Balaban J connectivity index is 1.29. The van der Waals surface area contributed by atoms with Crippen molar-refractivity contribution in [3.8, 4) is 0 Å². The average molecular weight is 438 g/mol. The summed E-state index contributed by atoms with van der Waals surface area (Å²) >= 11 is 0. The van der Waals surface area contributed by atoms with Crippen molar-refractivity contribution in [3.05, 3.63) is 64.3 Å². The van der Waals surface area contributed by atoms with Gasteiger partial charge in [-0.25, -0.2) is 4.98 Å². The molecular weight excluding hydrogens is 410 g/mol. The minimum absolute atomic E-state index is 0.0359. The predicted molar refractivity (Wildman–Crippen MR) is 119 cm³/mol. The van der Waals surface area contributed by atoms with Crippen LogP contribution in [0, 0.1) is 16.0 Å². The van der Waals surface area contributed by atoms with Crippen molar-refractivity contribution < 1.29 is 14.5 Å². The van der Waals surface area contributed by atoms with E-state index in [0.717, 1.165) is 18.4 Å². The number of nitrogens with zero attached hydrogens (tertiary/aromatic N) is 5. The van der Waals surface area contributed by atoms with Gasteiger partial charge in [0, 0.05) is 45.3 Å². The van der Waals surface area contributed by atoms with E-state index < -0.39 is 4.92 Å². The first-order valence-electron chi connectivity index (χ1n) is 11.0.